The van der Waals surface area contributed by atoms with E-state index in [1.165, 1.54) is 14.2 Å². The van der Waals surface area contributed by atoms with E-state index in [1.54, 1.807) is 0 Å². The first-order chi connectivity index (χ1) is 8.12. The van der Waals surface area contributed by atoms with Gasteiger partial charge >= 0.3 is 0 Å². The van der Waals surface area contributed by atoms with Crippen LogP contribution in [-0.4, -0.2) is 37.0 Å². The van der Waals surface area contributed by atoms with Crippen molar-refractivity contribution in [3.63, 3.8) is 0 Å². The van der Waals surface area contributed by atoms with Crippen LogP contribution in [0.15, 0.2) is 12.2 Å². The van der Waals surface area contributed by atoms with Gasteiger partial charge in [0.2, 0.25) is 5.79 Å². The van der Waals surface area contributed by atoms with Crippen LogP contribution in [0.1, 0.15) is 19.3 Å². The van der Waals surface area contributed by atoms with Crippen molar-refractivity contribution in [1.29, 1.82) is 0 Å². The minimum absolute atomic E-state index is 0.0396. The zero-order chi connectivity index (χ0) is 12.3. The SMILES string of the molecule is COC1(OC)C(=O)C2C=CC13[C@H](CC[C@@H]3O)C2. The molecule has 0 aliphatic heterocycles. The number of carbonyl (C=O) groups excluding carboxylic acids is 1. The van der Waals surface area contributed by atoms with Gasteiger partial charge in [0, 0.05) is 20.1 Å². The topological polar surface area (TPSA) is 55.8 Å². The van der Waals surface area contributed by atoms with E-state index in [0.29, 0.717) is 6.42 Å². The second kappa shape index (κ2) is 3.40. The summed E-state index contributed by atoms with van der Waals surface area (Å²) in [5, 5.41) is 10.4. The molecule has 4 aliphatic rings. The molecule has 0 aromatic rings. The first-order valence-electron chi connectivity index (χ1n) is 6.14. The standard InChI is InChI=1S/C13H18O4/c1-16-13(17-2)11(15)8-5-6-12(13)9(7-8)3-4-10(12)14/h5-6,8-10,14H,3-4,7H2,1-2H3/t8?,9-,10+,12?/m1/s1. The maximum absolute atomic E-state index is 12.4. The molecule has 1 N–H and O–H groups in total. The van der Waals surface area contributed by atoms with Gasteiger partial charge in [0.05, 0.1) is 11.5 Å². The van der Waals surface area contributed by atoms with E-state index >= 15 is 0 Å². The fourth-order valence-corrected chi connectivity index (χ4v) is 4.22. The quantitative estimate of drug-likeness (QED) is 0.573. The van der Waals surface area contributed by atoms with Gasteiger partial charge in [-0.05, 0) is 25.2 Å². The van der Waals surface area contributed by atoms with Crippen LogP contribution < -0.4 is 0 Å². The molecule has 94 valence electrons. The van der Waals surface area contributed by atoms with Crippen LogP contribution >= 0.6 is 0 Å². The summed E-state index contributed by atoms with van der Waals surface area (Å²) < 4.78 is 10.9. The molecule has 2 bridgehead atoms. The Kier molecular flexibility index (Phi) is 2.28. The fourth-order valence-electron chi connectivity index (χ4n) is 4.22. The Bertz CT molecular complexity index is 385. The normalized spacial score (nSPS) is 46.3. The summed E-state index contributed by atoms with van der Waals surface area (Å²) in [6.45, 7) is 0. The van der Waals surface area contributed by atoms with Crippen molar-refractivity contribution in [2.75, 3.05) is 14.2 Å². The zero-order valence-electron chi connectivity index (χ0n) is 10.2. The number of hydrogen-bond acceptors (Lipinski definition) is 4. The van der Waals surface area contributed by atoms with Crippen molar-refractivity contribution in [2.45, 2.75) is 31.2 Å². The lowest BCUT2D eigenvalue weighted by Gasteiger charge is -2.55. The molecular formula is C13H18O4. The predicted octanol–water partition coefficient (Wildman–Crippen LogP) is 0.892. The molecular weight excluding hydrogens is 220 g/mol. The lowest BCUT2D eigenvalue weighted by atomic mass is 9.55. The van der Waals surface area contributed by atoms with Gasteiger partial charge in [-0.15, -0.1) is 0 Å². The molecule has 17 heavy (non-hydrogen) atoms. The van der Waals surface area contributed by atoms with Crippen LogP contribution in [0.4, 0.5) is 0 Å². The Morgan fingerprint density at radius 2 is 2.06 bits per heavy atom. The van der Waals surface area contributed by atoms with E-state index < -0.39 is 17.3 Å². The number of aliphatic hydroxyl groups is 1. The van der Waals surface area contributed by atoms with Gasteiger partial charge in [-0.25, -0.2) is 0 Å². The van der Waals surface area contributed by atoms with Gasteiger partial charge < -0.3 is 14.6 Å². The number of ketones is 1. The Hall–Kier alpha value is -0.710. The van der Waals surface area contributed by atoms with Crippen LogP contribution in [0.3, 0.4) is 0 Å². The number of carbonyl (C=O) groups is 1. The molecule has 0 saturated heterocycles. The van der Waals surface area contributed by atoms with Crippen LogP contribution in [0.5, 0.6) is 0 Å². The fraction of sp³-hybridized carbons (Fsp3) is 0.769. The predicted molar refractivity (Wildman–Crippen MR) is 60.2 cm³/mol. The van der Waals surface area contributed by atoms with E-state index in [1.807, 2.05) is 12.2 Å². The number of methoxy groups -OCH3 is 2. The second-order valence-electron chi connectivity index (χ2n) is 5.31. The Morgan fingerprint density at radius 1 is 1.35 bits per heavy atom. The summed E-state index contributed by atoms with van der Waals surface area (Å²) in [6.07, 6.45) is 5.80. The van der Waals surface area contributed by atoms with Crippen molar-refractivity contribution in [2.24, 2.45) is 17.3 Å². The number of Topliss-reactive ketones (excluding diaryl/α,β-unsaturated/α-hetero) is 1. The van der Waals surface area contributed by atoms with Crippen molar-refractivity contribution in [3.8, 4) is 0 Å². The molecule has 0 heterocycles. The van der Waals surface area contributed by atoms with Gasteiger partial charge in [0.1, 0.15) is 0 Å². The summed E-state index contributed by atoms with van der Waals surface area (Å²) in [7, 11) is 2.99. The second-order valence-corrected chi connectivity index (χ2v) is 5.31. The third kappa shape index (κ3) is 1.03. The number of aliphatic hydroxyl groups excluding tert-OH is 1. The maximum Gasteiger partial charge on any atom is 0.241 e. The van der Waals surface area contributed by atoms with Crippen LogP contribution in [0.2, 0.25) is 0 Å². The highest BCUT2D eigenvalue weighted by Crippen LogP contribution is 2.62. The van der Waals surface area contributed by atoms with Gasteiger partial charge in [-0.3, -0.25) is 4.79 Å². The third-order valence-corrected chi connectivity index (χ3v) is 4.96. The lowest BCUT2D eigenvalue weighted by Crippen LogP contribution is -2.68. The molecule has 2 unspecified atom stereocenters. The Morgan fingerprint density at radius 3 is 2.71 bits per heavy atom. The van der Waals surface area contributed by atoms with Gasteiger partial charge in [0.15, 0.2) is 5.78 Å². The molecule has 4 nitrogen and oxygen atoms in total. The van der Waals surface area contributed by atoms with Crippen molar-refractivity contribution in [3.05, 3.63) is 12.2 Å². The van der Waals surface area contributed by atoms with Crippen LogP contribution in [0.25, 0.3) is 0 Å². The van der Waals surface area contributed by atoms with Crippen molar-refractivity contribution < 1.29 is 19.4 Å². The van der Waals surface area contributed by atoms with Crippen LogP contribution in [-0.2, 0) is 14.3 Å². The van der Waals surface area contributed by atoms with E-state index in [2.05, 4.69) is 0 Å². The van der Waals surface area contributed by atoms with Crippen LogP contribution in [0, 0.1) is 17.3 Å². The highest BCUT2D eigenvalue weighted by atomic mass is 16.7. The molecule has 4 aliphatic carbocycles. The minimum Gasteiger partial charge on any atom is -0.392 e. The number of fused-ring (bicyclic) bond motifs is 1. The third-order valence-electron chi connectivity index (χ3n) is 4.96. The number of ether oxygens (including phenoxy) is 2. The summed E-state index contributed by atoms with van der Waals surface area (Å²) >= 11 is 0. The molecule has 4 heteroatoms. The molecule has 2 fully saturated rings. The summed E-state index contributed by atoms with van der Waals surface area (Å²) in [4.78, 5) is 12.4. The maximum atomic E-state index is 12.4. The summed E-state index contributed by atoms with van der Waals surface area (Å²) in [6, 6.07) is 0. The van der Waals surface area contributed by atoms with Gasteiger partial charge in [-0.1, -0.05) is 12.2 Å². The first-order valence-corrected chi connectivity index (χ1v) is 6.14. The molecule has 4 atom stereocenters. The van der Waals surface area contributed by atoms with E-state index in [0.717, 1.165) is 12.8 Å². The molecule has 0 amide bonds. The lowest BCUT2D eigenvalue weighted by molar-refractivity contribution is -0.284. The monoisotopic (exact) mass is 238 g/mol. The number of hydrogen-bond donors (Lipinski definition) is 1. The molecule has 0 aromatic carbocycles. The Labute approximate surface area is 101 Å². The van der Waals surface area contributed by atoms with Crippen molar-refractivity contribution in [1.82, 2.24) is 0 Å². The van der Waals surface area contributed by atoms with Crippen molar-refractivity contribution >= 4 is 5.78 Å². The molecule has 1 spiro atoms. The molecule has 0 aromatic heterocycles. The van der Waals surface area contributed by atoms with Gasteiger partial charge in [0.25, 0.3) is 0 Å². The van der Waals surface area contributed by atoms with E-state index in [4.69, 9.17) is 9.47 Å². The first kappa shape index (κ1) is 11.4. The largest absolute Gasteiger partial charge is 0.392 e. The molecule has 2 saturated carbocycles. The molecule has 4 rings (SSSR count). The van der Waals surface area contributed by atoms with E-state index in [-0.39, 0.29) is 17.6 Å². The average molecular weight is 238 g/mol. The number of allylic oxidation sites excluding steroid dienone is 1. The molecule has 0 radical (unpaired) electrons. The van der Waals surface area contributed by atoms with E-state index in [9.17, 15) is 9.90 Å². The Balaban J connectivity index is 2.21. The zero-order valence-corrected chi connectivity index (χ0v) is 10.2. The highest BCUT2D eigenvalue weighted by Gasteiger charge is 2.71. The summed E-state index contributed by atoms with van der Waals surface area (Å²) in [5.74, 6) is -1.16. The van der Waals surface area contributed by atoms with Gasteiger partial charge in [-0.2, -0.15) is 0 Å². The smallest absolute Gasteiger partial charge is 0.241 e. The average Bonchev–Trinajstić information content (AvgIpc) is 2.70. The highest BCUT2D eigenvalue weighted by molar-refractivity contribution is 5.93. The minimum atomic E-state index is -1.29. The number of rotatable bonds is 2. The summed E-state index contributed by atoms with van der Waals surface area (Å²) in [5.41, 5.74) is -0.678.